The van der Waals surface area contributed by atoms with Gasteiger partial charge in [-0.3, -0.25) is 9.59 Å². The largest absolute Gasteiger partial charge is 0.351 e. The molecule has 0 aliphatic rings. The zero-order valence-electron chi connectivity index (χ0n) is 16.4. The van der Waals surface area contributed by atoms with Crippen molar-refractivity contribution in [3.05, 3.63) is 83.4 Å². The molecule has 0 saturated carbocycles. The molecule has 2 aromatic rings. The number of benzene rings is 2. The predicted molar refractivity (Wildman–Crippen MR) is 114 cm³/mol. The lowest BCUT2D eigenvalue weighted by molar-refractivity contribution is -0.143. The monoisotopic (exact) mass is 398 g/mol. The van der Waals surface area contributed by atoms with E-state index in [0.717, 1.165) is 11.1 Å². The zero-order chi connectivity index (χ0) is 20.5. The molecule has 0 aliphatic heterocycles. The molecule has 0 aromatic heterocycles. The molecule has 0 saturated heterocycles. The number of nitrogens with zero attached hydrogens (tertiary/aromatic N) is 1. The van der Waals surface area contributed by atoms with Gasteiger partial charge in [0.1, 0.15) is 6.04 Å². The Morgan fingerprint density at radius 2 is 1.71 bits per heavy atom. The van der Waals surface area contributed by atoms with E-state index >= 15 is 0 Å². The number of halogens is 1. The normalized spacial score (nSPS) is 11.7. The van der Waals surface area contributed by atoms with Gasteiger partial charge in [0.15, 0.2) is 0 Å². The summed E-state index contributed by atoms with van der Waals surface area (Å²) in [5.41, 5.74) is 1.92. The van der Waals surface area contributed by atoms with Crippen molar-refractivity contribution in [2.75, 3.05) is 6.54 Å². The van der Waals surface area contributed by atoms with Crippen LogP contribution < -0.4 is 5.32 Å². The maximum atomic E-state index is 13.0. The van der Waals surface area contributed by atoms with Crippen molar-refractivity contribution < 1.29 is 9.59 Å². The lowest BCUT2D eigenvalue weighted by atomic mass is 10.0. The van der Waals surface area contributed by atoms with Gasteiger partial charge in [0.05, 0.1) is 0 Å². The second-order valence-electron chi connectivity index (χ2n) is 6.99. The molecule has 2 rings (SSSR count). The van der Waals surface area contributed by atoms with Gasteiger partial charge in [0, 0.05) is 30.5 Å². The second kappa shape index (κ2) is 10.7. The third-order valence-electron chi connectivity index (χ3n) is 4.41. The Labute approximate surface area is 172 Å². The van der Waals surface area contributed by atoms with Crippen LogP contribution in [0.5, 0.6) is 0 Å². The van der Waals surface area contributed by atoms with Crippen molar-refractivity contribution in [1.29, 1.82) is 0 Å². The number of hydrogen-bond donors (Lipinski definition) is 1. The molecule has 1 N–H and O–H groups in total. The highest BCUT2D eigenvalue weighted by Gasteiger charge is 2.31. The summed E-state index contributed by atoms with van der Waals surface area (Å²) in [4.78, 5) is 27.6. The standard InChI is InChI=1S/C23H27ClN2O2/c1-4-14-25-22(27)21(15-18-8-6-5-7-9-18)26(23(28)17(2)3)16-19-10-12-20(24)13-11-19/h4-13,17,21H,1,14-16H2,2-3H3,(H,25,27)/t21-/m1/s1. The minimum absolute atomic E-state index is 0.0652. The first-order chi connectivity index (χ1) is 13.4. The number of hydrogen-bond acceptors (Lipinski definition) is 2. The molecule has 2 amide bonds. The molecule has 0 aliphatic carbocycles. The van der Waals surface area contributed by atoms with Gasteiger partial charge < -0.3 is 10.2 Å². The molecule has 0 unspecified atom stereocenters. The van der Waals surface area contributed by atoms with Gasteiger partial charge in [-0.15, -0.1) is 6.58 Å². The lowest BCUT2D eigenvalue weighted by Gasteiger charge is -2.32. The Bertz CT molecular complexity index is 788. The number of carbonyl (C=O) groups is 2. The maximum absolute atomic E-state index is 13.0. The van der Waals surface area contributed by atoms with Crippen LogP contribution >= 0.6 is 11.6 Å². The molecule has 148 valence electrons. The van der Waals surface area contributed by atoms with E-state index < -0.39 is 6.04 Å². The molecule has 0 radical (unpaired) electrons. The molecule has 4 nitrogen and oxygen atoms in total. The fourth-order valence-electron chi connectivity index (χ4n) is 2.93. The fraction of sp³-hybridized carbons (Fsp3) is 0.304. The van der Waals surface area contributed by atoms with Crippen LogP contribution in [0.15, 0.2) is 67.3 Å². The summed E-state index contributed by atoms with van der Waals surface area (Å²) in [5, 5.41) is 3.48. The first-order valence-corrected chi connectivity index (χ1v) is 9.77. The Balaban J connectivity index is 2.36. The minimum atomic E-state index is -0.618. The first-order valence-electron chi connectivity index (χ1n) is 9.39. The van der Waals surface area contributed by atoms with Gasteiger partial charge in [-0.1, -0.05) is 74.0 Å². The van der Waals surface area contributed by atoms with Crippen LogP contribution in [0.2, 0.25) is 5.02 Å². The van der Waals surface area contributed by atoms with E-state index in [2.05, 4.69) is 11.9 Å². The zero-order valence-corrected chi connectivity index (χ0v) is 17.2. The Morgan fingerprint density at radius 1 is 1.07 bits per heavy atom. The van der Waals surface area contributed by atoms with Crippen molar-refractivity contribution >= 4 is 23.4 Å². The highest BCUT2D eigenvalue weighted by molar-refractivity contribution is 6.30. The molecular weight excluding hydrogens is 372 g/mol. The quantitative estimate of drug-likeness (QED) is 0.642. The molecular formula is C23H27ClN2O2. The first kappa shape index (κ1) is 21.7. The van der Waals surface area contributed by atoms with Gasteiger partial charge >= 0.3 is 0 Å². The topological polar surface area (TPSA) is 49.4 Å². The number of rotatable bonds is 9. The van der Waals surface area contributed by atoms with Crippen LogP contribution in [-0.2, 0) is 22.6 Å². The fourth-order valence-corrected chi connectivity index (χ4v) is 3.06. The molecule has 1 atom stereocenters. The predicted octanol–water partition coefficient (Wildman–Crippen LogP) is 4.24. The van der Waals surface area contributed by atoms with E-state index in [0.29, 0.717) is 24.5 Å². The summed E-state index contributed by atoms with van der Waals surface area (Å²) in [7, 11) is 0. The second-order valence-corrected chi connectivity index (χ2v) is 7.42. The van der Waals surface area contributed by atoms with Crippen LogP contribution in [0.25, 0.3) is 0 Å². The number of nitrogens with one attached hydrogen (secondary N) is 1. The molecule has 0 fully saturated rings. The third-order valence-corrected chi connectivity index (χ3v) is 4.67. The molecule has 0 heterocycles. The van der Waals surface area contributed by atoms with E-state index in [4.69, 9.17) is 11.6 Å². The maximum Gasteiger partial charge on any atom is 0.243 e. The van der Waals surface area contributed by atoms with Crippen LogP contribution in [0, 0.1) is 5.92 Å². The van der Waals surface area contributed by atoms with Crippen molar-refractivity contribution in [3.8, 4) is 0 Å². The summed E-state index contributed by atoms with van der Waals surface area (Å²) < 4.78 is 0. The van der Waals surface area contributed by atoms with Gasteiger partial charge in [-0.05, 0) is 23.3 Å². The SMILES string of the molecule is C=CCNC(=O)[C@@H](Cc1ccccc1)N(Cc1ccc(Cl)cc1)C(=O)C(C)C. The smallest absolute Gasteiger partial charge is 0.243 e. The van der Waals surface area contributed by atoms with E-state index in [1.165, 1.54) is 0 Å². The van der Waals surface area contributed by atoms with Crippen molar-refractivity contribution in [2.45, 2.75) is 32.9 Å². The Hall–Kier alpha value is -2.59. The molecule has 0 spiro atoms. The summed E-state index contributed by atoms with van der Waals surface area (Å²) in [6, 6.07) is 16.5. The number of amides is 2. The average Bonchev–Trinajstić information content (AvgIpc) is 2.70. The van der Waals surface area contributed by atoms with E-state index in [1.54, 1.807) is 23.1 Å². The summed E-state index contributed by atoms with van der Waals surface area (Å²) in [5.74, 6) is -0.478. The van der Waals surface area contributed by atoms with Crippen LogP contribution in [-0.4, -0.2) is 29.3 Å². The summed E-state index contributed by atoms with van der Waals surface area (Å²) >= 11 is 5.98. The van der Waals surface area contributed by atoms with E-state index in [9.17, 15) is 9.59 Å². The van der Waals surface area contributed by atoms with E-state index in [1.807, 2.05) is 56.3 Å². The van der Waals surface area contributed by atoms with Crippen LogP contribution in [0.1, 0.15) is 25.0 Å². The van der Waals surface area contributed by atoms with Crippen LogP contribution in [0.3, 0.4) is 0 Å². The highest BCUT2D eigenvalue weighted by atomic mass is 35.5. The van der Waals surface area contributed by atoms with Gasteiger partial charge in [-0.2, -0.15) is 0 Å². The van der Waals surface area contributed by atoms with E-state index in [-0.39, 0.29) is 17.7 Å². The van der Waals surface area contributed by atoms with Gasteiger partial charge in [-0.25, -0.2) is 0 Å². The molecule has 28 heavy (non-hydrogen) atoms. The van der Waals surface area contributed by atoms with Crippen molar-refractivity contribution in [1.82, 2.24) is 10.2 Å². The summed E-state index contributed by atoms with van der Waals surface area (Å²) in [6.07, 6.45) is 2.07. The third kappa shape index (κ3) is 6.24. The number of carbonyl (C=O) groups excluding carboxylic acids is 2. The van der Waals surface area contributed by atoms with Crippen molar-refractivity contribution in [3.63, 3.8) is 0 Å². The Kier molecular flexibility index (Phi) is 8.27. The molecule has 2 aromatic carbocycles. The van der Waals surface area contributed by atoms with Crippen LogP contribution in [0.4, 0.5) is 0 Å². The van der Waals surface area contributed by atoms with Gasteiger partial charge in [0.2, 0.25) is 11.8 Å². The lowest BCUT2D eigenvalue weighted by Crippen LogP contribution is -2.51. The molecule has 0 bridgehead atoms. The van der Waals surface area contributed by atoms with Gasteiger partial charge in [0.25, 0.3) is 0 Å². The average molecular weight is 399 g/mol. The summed E-state index contributed by atoms with van der Waals surface area (Å²) in [6.45, 7) is 8.04. The Morgan fingerprint density at radius 3 is 2.29 bits per heavy atom. The van der Waals surface area contributed by atoms with Crippen molar-refractivity contribution in [2.24, 2.45) is 5.92 Å². The highest BCUT2D eigenvalue weighted by Crippen LogP contribution is 2.18. The molecule has 5 heteroatoms. The minimum Gasteiger partial charge on any atom is -0.351 e.